The van der Waals surface area contributed by atoms with Crippen LogP contribution in [0.3, 0.4) is 0 Å². The molecule has 0 spiro atoms. The van der Waals surface area contributed by atoms with Gasteiger partial charge in [-0.3, -0.25) is 0 Å². The minimum atomic E-state index is -4.71. The lowest BCUT2D eigenvalue weighted by Crippen LogP contribution is -2.25. The highest BCUT2D eigenvalue weighted by molar-refractivity contribution is 5.81. The predicted molar refractivity (Wildman–Crippen MR) is 67.0 cm³/mol. The highest BCUT2D eigenvalue weighted by Gasteiger charge is 2.37. The van der Waals surface area contributed by atoms with Crippen LogP contribution in [0.5, 0.6) is 0 Å². The number of hydrogen-bond acceptors (Lipinski definition) is 4. The van der Waals surface area contributed by atoms with Crippen molar-refractivity contribution >= 4 is 17.0 Å². The number of alkyl halides is 4. The second-order valence-electron chi connectivity index (χ2n) is 5.33. The molecule has 5 nitrogen and oxygen atoms in total. The van der Waals surface area contributed by atoms with E-state index in [0.717, 1.165) is 12.8 Å². The van der Waals surface area contributed by atoms with Crippen LogP contribution >= 0.6 is 0 Å². The maximum absolute atomic E-state index is 14.5. The molecule has 9 heteroatoms. The van der Waals surface area contributed by atoms with Crippen LogP contribution < -0.4 is 5.73 Å². The number of aromatic nitrogens is 4. The van der Waals surface area contributed by atoms with Crippen molar-refractivity contribution in [1.29, 1.82) is 0 Å². The summed E-state index contributed by atoms with van der Waals surface area (Å²) in [5, 5.41) is 0. The van der Waals surface area contributed by atoms with Crippen molar-refractivity contribution < 1.29 is 17.6 Å². The van der Waals surface area contributed by atoms with Gasteiger partial charge in [-0.1, -0.05) is 12.8 Å². The number of nitrogens with two attached hydrogens (primary N) is 1. The van der Waals surface area contributed by atoms with Crippen LogP contribution in [0.15, 0.2) is 6.33 Å². The summed E-state index contributed by atoms with van der Waals surface area (Å²) in [5.41, 5.74) is 4.04. The Morgan fingerprint density at radius 3 is 2.52 bits per heavy atom. The standard InChI is InChI=1S/C12H13F4N5/c13-11(3-1-2-4-11)5-21-6-18-7-8(17)19-10(12(14,15)16)20-9(7)21/h6H,1-5H2,(H2,17,19,20). The highest BCUT2D eigenvalue weighted by Crippen LogP contribution is 2.36. The fourth-order valence-corrected chi connectivity index (χ4v) is 2.68. The quantitative estimate of drug-likeness (QED) is 0.866. The molecule has 2 heterocycles. The zero-order valence-electron chi connectivity index (χ0n) is 11.0. The van der Waals surface area contributed by atoms with Gasteiger partial charge in [0.2, 0.25) is 5.82 Å². The number of imidazole rings is 1. The second kappa shape index (κ2) is 4.54. The summed E-state index contributed by atoms with van der Waals surface area (Å²) in [6.07, 6.45) is -1.13. The van der Waals surface area contributed by atoms with E-state index in [-0.39, 0.29) is 23.5 Å². The Labute approximate surface area is 117 Å². The van der Waals surface area contributed by atoms with Gasteiger partial charge in [-0.05, 0) is 12.8 Å². The molecule has 0 aliphatic heterocycles. The van der Waals surface area contributed by atoms with Crippen molar-refractivity contribution in [2.45, 2.75) is 44.1 Å². The Hall–Kier alpha value is -1.93. The van der Waals surface area contributed by atoms with E-state index in [1.165, 1.54) is 10.9 Å². The summed E-state index contributed by atoms with van der Waals surface area (Å²) in [6.45, 7) is -0.0722. The molecule has 0 atom stereocenters. The van der Waals surface area contributed by atoms with Crippen molar-refractivity contribution in [2.24, 2.45) is 0 Å². The van der Waals surface area contributed by atoms with Crippen molar-refractivity contribution in [3.63, 3.8) is 0 Å². The van der Waals surface area contributed by atoms with E-state index in [1.807, 2.05) is 0 Å². The van der Waals surface area contributed by atoms with Crippen molar-refractivity contribution in [3.05, 3.63) is 12.2 Å². The number of fused-ring (bicyclic) bond motifs is 1. The topological polar surface area (TPSA) is 69.6 Å². The van der Waals surface area contributed by atoms with Gasteiger partial charge in [-0.15, -0.1) is 0 Å². The number of nitrogen functional groups attached to an aromatic ring is 1. The van der Waals surface area contributed by atoms with Gasteiger partial charge in [-0.25, -0.2) is 19.3 Å². The first-order valence-corrected chi connectivity index (χ1v) is 6.53. The van der Waals surface area contributed by atoms with Gasteiger partial charge in [-0.2, -0.15) is 13.2 Å². The Kier molecular flexibility index (Phi) is 3.03. The van der Waals surface area contributed by atoms with Gasteiger partial charge in [0.25, 0.3) is 0 Å². The number of anilines is 1. The van der Waals surface area contributed by atoms with Crippen LogP contribution in [-0.4, -0.2) is 25.2 Å². The van der Waals surface area contributed by atoms with Gasteiger partial charge >= 0.3 is 6.18 Å². The molecule has 1 aliphatic rings. The van der Waals surface area contributed by atoms with Crippen LogP contribution in [0.1, 0.15) is 31.5 Å². The summed E-state index contributed by atoms with van der Waals surface area (Å²) in [6, 6.07) is 0. The van der Waals surface area contributed by atoms with E-state index in [0.29, 0.717) is 12.8 Å². The van der Waals surface area contributed by atoms with Crippen LogP contribution in [0.4, 0.5) is 23.4 Å². The molecule has 0 aromatic carbocycles. The summed E-state index contributed by atoms with van der Waals surface area (Å²) >= 11 is 0. The lowest BCUT2D eigenvalue weighted by Gasteiger charge is -2.19. The molecule has 0 radical (unpaired) electrons. The zero-order chi connectivity index (χ0) is 15.3. The lowest BCUT2D eigenvalue weighted by atomic mass is 10.1. The van der Waals surface area contributed by atoms with E-state index in [2.05, 4.69) is 15.0 Å². The van der Waals surface area contributed by atoms with Crippen LogP contribution in [0.2, 0.25) is 0 Å². The molecule has 2 N–H and O–H groups in total. The molecule has 1 saturated carbocycles. The van der Waals surface area contributed by atoms with Gasteiger partial charge < -0.3 is 10.3 Å². The Bertz CT molecular complexity index is 672. The summed E-state index contributed by atoms with van der Waals surface area (Å²) in [7, 11) is 0. The monoisotopic (exact) mass is 303 g/mol. The minimum absolute atomic E-state index is 0.0598. The fraction of sp³-hybridized carbons (Fsp3) is 0.583. The van der Waals surface area contributed by atoms with E-state index < -0.39 is 17.7 Å². The third-order valence-corrected chi connectivity index (χ3v) is 3.70. The zero-order valence-corrected chi connectivity index (χ0v) is 11.0. The molecule has 114 valence electrons. The molecule has 0 amide bonds. The molecule has 2 aromatic heterocycles. The SMILES string of the molecule is Nc1nc(C(F)(F)F)nc2c1ncn2CC1(F)CCCC1. The largest absolute Gasteiger partial charge is 0.451 e. The molecular weight excluding hydrogens is 290 g/mol. The first-order valence-electron chi connectivity index (χ1n) is 6.53. The van der Waals surface area contributed by atoms with E-state index >= 15 is 0 Å². The molecule has 0 bridgehead atoms. The number of halogens is 4. The molecule has 0 saturated heterocycles. The van der Waals surface area contributed by atoms with Crippen LogP contribution in [0.25, 0.3) is 11.2 Å². The van der Waals surface area contributed by atoms with E-state index in [9.17, 15) is 17.6 Å². The Balaban J connectivity index is 2.05. The maximum atomic E-state index is 14.5. The molecule has 21 heavy (non-hydrogen) atoms. The van der Waals surface area contributed by atoms with Gasteiger partial charge in [0, 0.05) is 0 Å². The summed E-state index contributed by atoms with van der Waals surface area (Å²) in [4.78, 5) is 10.6. The maximum Gasteiger partial charge on any atom is 0.451 e. The summed E-state index contributed by atoms with van der Waals surface area (Å²) < 4.78 is 54.0. The Morgan fingerprint density at radius 1 is 1.24 bits per heavy atom. The number of rotatable bonds is 2. The third-order valence-electron chi connectivity index (χ3n) is 3.70. The van der Waals surface area contributed by atoms with Crippen LogP contribution in [-0.2, 0) is 12.7 Å². The van der Waals surface area contributed by atoms with Crippen molar-refractivity contribution in [3.8, 4) is 0 Å². The molecular formula is C12H13F4N5. The van der Waals surface area contributed by atoms with Crippen LogP contribution in [0, 0.1) is 0 Å². The molecule has 3 rings (SSSR count). The van der Waals surface area contributed by atoms with E-state index in [4.69, 9.17) is 5.73 Å². The third kappa shape index (κ3) is 2.52. The first-order chi connectivity index (χ1) is 9.78. The van der Waals surface area contributed by atoms with Crippen molar-refractivity contribution in [1.82, 2.24) is 19.5 Å². The van der Waals surface area contributed by atoms with E-state index in [1.54, 1.807) is 0 Å². The fourth-order valence-electron chi connectivity index (χ4n) is 2.68. The molecule has 1 aliphatic carbocycles. The van der Waals surface area contributed by atoms with Crippen molar-refractivity contribution in [2.75, 3.05) is 5.73 Å². The van der Waals surface area contributed by atoms with Gasteiger partial charge in [0.05, 0.1) is 12.9 Å². The highest BCUT2D eigenvalue weighted by atomic mass is 19.4. The molecule has 2 aromatic rings. The average molecular weight is 303 g/mol. The summed E-state index contributed by atoms with van der Waals surface area (Å²) in [5.74, 6) is -1.70. The normalized spacial score (nSPS) is 18.5. The average Bonchev–Trinajstić information content (AvgIpc) is 2.97. The minimum Gasteiger partial charge on any atom is -0.382 e. The first kappa shape index (κ1) is 14.0. The number of hydrogen-bond donors (Lipinski definition) is 1. The Morgan fingerprint density at radius 2 is 1.90 bits per heavy atom. The second-order valence-corrected chi connectivity index (χ2v) is 5.33. The smallest absolute Gasteiger partial charge is 0.382 e. The van der Waals surface area contributed by atoms with Gasteiger partial charge in [0.15, 0.2) is 11.5 Å². The molecule has 0 unspecified atom stereocenters. The molecule has 1 fully saturated rings. The van der Waals surface area contributed by atoms with Gasteiger partial charge in [0.1, 0.15) is 11.2 Å². The predicted octanol–water partition coefficient (Wildman–Crippen LogP) is 2.71. The number of nitrogens with zero attached hydrogens (tertiary/aromatic N) is 4. The lowest BCUT2D eigenvalue weighted by molar-refractivity contribution is -0.144.